The van der Waals surface area contributed by atoms with Crippen molar-refractivity contribution in [2.45, 2.75) is 31.7 Å². The number of hydrogen-bond acceptors (Lipinski definition) is 5. The van der Waals surface area contributed by atoms with Gasteiger partial charge in [-0.25, -0.2) is 16.8 Å². The number of rotatable bonds is 6. The molecule has 1 heterocycles. The normalized spacial score (nSPS) is 23.1. The molecule has 0 bridgehead atoms. The lowest BCUT2D eigenvalue weighted by Crippen LogP contribution is -2.45. The van der Waals surface area contributed by atoms with Crippen LogP contribution in [0.2, 0.25) is 0 Å². The van der Waals surface area contributed by atoms with Gasteiger partial charge in [0.05, 0.1) is 11.5 Å². The number of sulfone groups is 1. The fourth-order valence-electron chi connectivity index (χ4n) is 2.15. The third-order valence-electron chi connectivity index (χ3n) is 3.10. The molecule has 0 aromatic carbocycles. The summed E-state index contributed by atoms with van der Waals surface area (Å²) in [4.78, 5) is 0. The smallest absolute Gasteiger partial charge is 0.215 e. The van der Waals surface area contributed by atoms with Gasteiger partial charge in [0, 0.05) is 25.4 Å². The molecule has 1 unspecified atom stereocenters. The van der Waals surface area contributed by atoms with Crippen molar-refractivity contribution >= 4 is 19.9 Å². The van der Waals surface area contributed by atoms with E-state index in [2.05, 4.69) is 0 Å². The summed E-state index contributed by atoms with van der Waals surface area (Å²) < 4.78 is 47.7. The van der Waals surface area contributed by atoms with Crippen molar-refractivity contribution in [3.8, 4) is 0 Å². The largest absolute Gasteiger partial charge is 0.396 e. The van der Waals surface area contributed by atoms with Crippen LogP contribution >= 0.6 is 0 Å². The van der Waals surface area contributed by atoms with Crippen LogP contribution < -0.4 is 0 Å². The zero-order chi connectivity index (χ0) is 13.8. The number of sulfonamides is 1. The van der Waals surface area contributed by atoms with Crippen molar-refractivity contribution in [3.05, 3.63) is 0 Å². The van der Waals surface area contributed by atoms with Gasteiger partial charge in [0.25, 0.3) is 0 Å². The van der Waals surface area contributed by atoms with E-state index in [1.54, 1.807) is 0 Å². The van der Waals surface area contributed by atoms with Gasteiger partial charge in [0.1, 0.15) is 9.84 Å². The van der Waals surface area contributed by atoms with Crippen LogP contribution in [0.15, 0.2) is 0 Å². The molecule has 1 atom stereocenters. The third kappa shape index (κ3) is 4.83. The summed E-state index contributed by atoms with van der Waals surface area (Å²) in [5.41, 5.74) is 0. The maximum absolute atomic E-state index is 12.1. The SMILES string of the molecule is CS(=O)(=O)CCS(=O)(=O)N1CCCCC1CCO. The van der Waals surface area contributed by atoms with Gasteiger partial charge in [-0.15, -0.1) is 0 Å². The molecule has 18 heavy (non-hydrogen) atoms. The highest BCUT2D eigenvalue weighted by atomic mass is 32.2. The summed E-state index contributed by atoms with van der Waals surface area (Å²) in [6.07, 6.45) is 3.92. The first-order chi connectivity index (χ1) is 8.26. The van der Waals surface area contributed by atoms with Crippen LogP contribution in [-0.4, -0.2) is 63.2 Å². The third-order valence-corrected chi connectivity index (χ3v) is 6.22. The standard InChI is InChI=1S/C10H21NO5S2/c1-17(13,14)8-9-18(15,16)11-6-3-2-4-10(11)5-7-12/h10,12H,2-9H2,1H3. The molecule has 1 rings (SSSR count). The molecule has 8 heteroatoms. The molecule has 108 valence electrons. The predicted molar refractivity (Wildman–Crippen MR) is 69.5 cm³/mol. The Bertz CT molecular complexity index is 455. The Hall–Kier alpha value is -0.180. The average Bonchev–Trinajstić information content (AvgIpc) is 2.27. The second kappa shape index (κ2) is 6.31. The molecule has 1 aliphatic heterocycles. The van der Waals surface area contributed by atoms with E-state index < -0.39 is 19.9 Å². The van der Waals surface area contributed by atoms with Crippen LogP contribution in [0.1, 0.15) is 25.7 Å². The maximum atomic E-state index is 12.1. The van der Waals surface area contributed by atoms with Crippen LogP contribution in [-0.2, 0) is 19.9 Å². The van der Waals surface area contributed by atoms with E-state index in [1.165, 1.54) is 4.31 Å². The quantitative estimate of drug-likeness (QED) is 0.720. The highest BCUT2D eigenvalue weighted by molar-refractivity contribution is 7.93. The van der Waals surface area contributed by atoms with E-state index in [1.807, 2.05) is 0 Å². The lowest BCUT2D eigenvalue weighted by molar-refractivity contribution is 0.192. The Labute approximate surface area is 109 Å². The lowest BCUT2D eigenvalue weighted by Gasteiger charge is -2.34. The molecule has 0 radical (unpaired) electrons. The number of nitrogens with zero attached hydrogens (tertiary/aromatic N) is 1. The summed E-state index contributed by atoms with van der Waals surface area (Å²) in [6.45, 7) is 0.375. The zero-order valence-electron chi connectivity index (χ0n) is 10.6. The maximum Gasteiger partial charge on any atom is 0.215 e. The minimum Gasteiger partial charge on any atom is -0.396 e. The molecule has 6 nitrogen and oxygen atoms in total. The van der Waals surface area contributed by atoms with Gasteiger partial charge >= 0.3 is 0 Å². The van der Waals surface area contributed by atoms with Gasteiger partial charge in [-0.3, -0.25) is 0 Å². The summed E-state index contributed by atoms with van der Waals surface area (Å²) in [5.74, 6) is -0.717. The molecule has 1 aliphatic rings. The van der Waals surface area contributed by atoms with Crippen LogP contribution in [0, 0.1) is 0 Å². The van der Waals surface area contributed by atoms with E-state index in [4.69, 9.17) is 5.11 Å². The Morgan fingerprint density at radius 3 is 2.39 bits per heavy atom. The minimum absolute atomic E-state index is 0.0528. The first-order valence-corrected chi connectivity index (χ1v) is 9.71. The van der Waals surface area contributed by atoms with Crippen molar-refractivity contribution < 1.29 is 21.9 Å². The van der Waals surface area contributed by atoms with Crippen LogP contribution in [0.25, 0.3) is 0 Å². The van der Waals surface area contributed by atoms with Gasteiger partial charge in [-0.05, 0) is 19.3 Å². The van der Waals surface area contributed by atoms with Crippen LogP contribution in [0.3, 0.4) is 0 Å². The highest BCUT2D eigenvalue weighted by Gasteiger charge is 2.32. The molecular weight excluding hydrogens is 278 g/mol. The fourth-order valence-corrected chi connectivity index (χ4v) is 5.51. The van der Waals surface area contributed by atoms with E-state index >= 15 is 0 Å². The second-order valence-electron chi connectivity index (χ2n) is 4.72. The molecule has 0 amide bonds. The van der Waals surface area contributed by atoms with E-state index in [0.29, 0.717) is 13.0 Å². The Balaban J connectivity index is 2.74. The van der Waals surface area contributed by atoms with Crippen LogP contribution in [0.4, 0.5) is 0 Å². The summed E-state index contributed by atoms with van der Waals surface area (Å²) in [6, 6.07) is -0.187. The van der Waals surface area contributed by atoms with Crippen LogP contribution in [0.5, 0.6) is 0 Å². The highest BCUT2D eigenvalue weighted by Crippen LogP contribution is 2.23. The predicted octanol–water partition coefficient (Wildman–Crippen LogP) is -0.402. The summed E-state index contributed by atoms with van der Waals surface area (Å²) in [5, 5.41) is 8.94. The molecule has 0 saturated carbocycles. The molecule has 0 aliphatic carbocycles. The minimum atomic E-state index is -3.54. The molecule has 0 spiro atoms. The van der Waals surface area contributed by atoms with Gasteiger partial charge in [0.15, 0.2) is 0 Å². The van der Waals surface area contributed by atoms with Crippen molar-refractivity contribution in [2.75, 3.05) is 30.9 Å². The molecule has 1 N–H and O–H groups in total. The first kappa shape index (κ1) is 15.9. The molecule has 1 fully saturated rings. The van der Waals surface area contributed by atoms with Gasteiger partial charge in [-0.2, -0.15) is 4.31 Å². The van der Waals surface area contributed by atoms with Gasteiger partial charge in [-0.1, -0.05) is 6.42 Å². The number of aliphatic hydroxyl groups is 1. The Morgan fingerprint density at radius 1 is 1.17 bits per heavy atom. The van der Waals surface area contributed by atoms with E-state index in [0.717, 1.165) is 25.5 Å². The monoisotopic (exact) mass is 299 g/mol. The van der Waals surface area contributed by atoms with Crippen molar-refractivity contribution in [2.24, 2.45) is 0 Å². The summed E-state index contributed by atoms with van der Waals surface area (Å²) >= 11 is 0. The number of hydrogen-bond donors (Lipinski definition) is 1. The summed E-state index contributed by atoms with van der Waals surface area (Å²) in [7, 11) is -6.83. The number of piperidine rings is 1. The van der Waals surface area contributed by atoms with Crippen molar-refractivity contribution in [1.29, 1.82) is 0 Å². The Kier molecular flexibility index (Phi) is 5.57. The average molecular weight is 299 g/mol. The van der Waals surface area contributed by atoms with Gasteiger partial charge in [0.2, 0.25) is 10.0 Å². The first-order valence-electron chi connectivity index (χ1n) is 6.04. The molecule has 1 saturated heterocycles. The van der Waals surface area contributed by atoms with Crippen molar-refractivity contribution in [3.63, 3.8) is 0 Å². The zero-order valence-corrected chi connectivity index (χ0v) is 12.2. The van der Waals surface area contributed by atoms with E-state index in [9.17, 15) is 16.8 Å². The Morgan fingerprint density at radius 2 is 1.83 bits per heavy atom. The topological polar surface area (TPSA) is 91.8 Å². The lowest BCUT2D eigenvalue weighted by atomic mass is 10.0. The molecular formula is C10H21NO5S2. The molecule has 0 aromatic rings. The molecule has 0 aromatic heterocycles. The van der Waals surface area contributed by atoms with Crippen molar-refractivity contribution in [1.82, 2.24) is 4.31 Å². The second-order valence-corrected chi connectivity index (χ2v) is 9.02. The van der Waals surface area contributed by atoms with E-state index in [-0.39, 0.29) is 24.2 Å². The van der Waals surface area contributed by atoms with Gasteiger partial charge < -0.3 is 5.11 Å². The fraction of sp³-hybridized carbons (Fsp3) is 1.00. The number of aliphatic hydroxyl groups excluding tert-OH is 1.